The van der Waals surface area contributed by atoms with Crippen molar-refractivity contribution in [2.75, 3.05) is 5.32 Å². The zero-order valence-corrected chi connectivity index (χ0v) is 11.2. The monoisotopic (exact) mass is 286 g/mol. The third kappa shape index (κ3) is 4.04. The average molecular weight is 286 g/mol. The number of rotatable bonds is 6. The van der Waals surface area contributed by atoms with Gasteiger partial charge in [0.2, 0.25) is 6.54 Å². The number of benzene rings is 2. The van der Waals surface area contributed by atoms with Crippen LogP contribution in [0.1, 0.15) is 21.5 Å². The number of nitrogens with one attached hydrogen (secondary N) is 1. The van der Waals surface area contributed by atoms with Gasteiger partial charge in [-0.15, -0.1) is 0 Å². The van der Waals surface area contributed by atoms with E-state index in [1.165, 1.54) is 18.2 Å². The SMILES string of the molecule is O=C(O)c1ccc(C[N+](=O)[O-])c(NCc2ccccc2)c1. The summed E-state index contributed by atoms with van der Waals surface area (Å²) in [4.78, 5) is 21.2. The van der Waals surface area contributed by atoms with E-state index in [9.17, 15) is 14.9 Å². The molecule has 2 aromatic carbocycles. The molecular weight excluding hydrogens is 272 g/mol. The maximum absolute atomic E-state index is 11.0. The van der Waals surface area contributed by atoms with Gasteiger partial charge in [0.15, 0.2) is 0 Å². The largest absolute Gasteiger partial charge is 0.478 e. The molecule has 0 bridgehead atoms. The van der Waals surface area contributed by atoms with Gasteiger partial charge in [-0.25, -0.2) is 4.79 Å². The minimum Gasteiger partial charge on any atom is -0.478 e. The quantitative estimate of drug-likeness (QED) is 0.629. The van der Waals surface area contributed by atoms with Gasteiger partial charge >= 0.3 is 5.97 Å². The predicted molar refractivity (Wildman–Crippen MR) is 77.9 cm³/mol. The van der Waals surface area contributed by atoms with Gasteiger partial charge in [-0.05, 0) is 23.8 Å². The summed E-state index contributed by atoms with van der Waals surface area (Å²) in [6, 6.07) is 13.8. The Morgan fingerprint density at radius 3 is 2.52 bits per heavy atom. The fraction of sp³-hybridized carbons (Fsp3) is 0.133. The van der Waals surface area contributed by atoms with E-state index in [-0.39, 0.29) is 12.1 Å². The average Bonchev–Trinajstić information content (AvgIpc) is 2.46. The number of carbonyl (C=O) groups is 1. The van der Waals surface area contributed by atoms with Crippen LogP contribution in [0.15, 0.2) is 48.5 Å². The van der Waals surface area contributed by atoms with E-state index in [0.717, 1.165) is 5.56 Å². The molecule has 0 saturated heterocycles. The van der Waals surface area contributed by atoms with Crippen molar-refractivity contribution in [1.82, 2.24) is 0 Å². The highest BCUT2D eigenvalue weighted by Gasteiger charge is 2.12. The van der Waals surface area contributed by atoms with Crippen LogP contribution in [0.2, 0.25) is 0 Å². The third-order valence-corrected chi connectivity index (χ3v) is 2.98. The van der Waals surface area contributed by atoms with E-state index < -0.39 is 10.9 Å². The Hall–Kier alpha value is -2.89. The summed E-state index contributed by atoms with van der Waals surface area (Å²) in [6.45, 7) is 0.117. The van der Waals surface area contributed by atoms with Gasteiger partial charge in [-0.1, -0.05) is 30.3 Å². The van der Waals surface area contributed by atoms with E-state index >= 15 is 0 Å². The minimum atomic E-state index is -1.06. The van der Waals surface area contributed by atoms with Crippen LogP contribution >= 0.6 is 0 Å². The lowest BCUT2D eigenvalue weighted by Crippen LogP contribution is -2.08. The summed E-state index contributed by atoms with van der Waals surface area (Å²) in [6.07, 6.45) is 0. The zero-order chi connectivity index (χ0) is 15.2. The molecule has 2 aromatic rings. The molecule has 0 fully saturated rings. The Labute approximate surface area is 121 Å². The standard InChI is InChI=1S/C15H14N2O4/c18-15(19)12-6-7-13(10-17(20)21)14(8-12)16-9-11-4-2-1-3-5-11/h1-8,16H,9-10H2,(H,18,19). The lowest BCUT2D eigenvalue weighted by atomic mass is 10.1. The molecule has 2 N–H and O–H groups in total. The van der Waals surface area contributed by atoms with Crippen molar-refractivity contribution in [3.8, 4) is 0 Å². The highest BCUT2D eigenvalue weighted by molar-refractivity contribution is 5.89. The maximum atomic E-state index is 11.0. The number of nitro groups is 1. The molecule has 0 aromatic heterocycles. The van der Waals surface area contributed by atoms with Crippen molar-refractivity contribution in [1.29, 1.82) is 0 Å². The van der Waals surface area contributed by atoms with Crippen LogP contribution in [-0.4, -0.2) is 16.0 Å². The molecule has 0 aliphatic carbocycles. The summed E-state index contributed by atoms with van der Waals surface area (Å²) < 4.78 is 0. The molecule has 0 amide bonds. The predicted octanol–water partition coefficient (Wildman–Crippen LogP) is 2.77. The van der Waals surface area contributed by atoms with Crippen molar-refractivity contribution >= 4 is 11.7 Å². The van der Waals surface area contributed by atoms with Gasteiger partial charge in [0.05, 0.1) is 5.56 Å². The second-order valence-electron chi connectivity index (χ2n) is 4.51. The molecule has 0 aliphatic heterocycles. The van der Waals surface area contributed by atoms with Crippen LogP contribution in [0.4, 0.5) is 5.69 Å². The molecular formula is C15H14N2O4. The maximum Gasteiger partial charge on any atom is 0.335 e. The Bertz CT molecular complexity index is 656. The van der Waals surface area contributed by atoms with Gasteiger partial charge in [-0.3, -0.25) is 10.1 Å². The number of carboxylic acid groups (broad SMARTS) is 1. The molecule has 2 rings (SSSR count). The van der Waals surface area contributed by atoms with Gasteiger partial charge in [0.1, 0.15) is 0 Å². The van der Waals surface area contributed by atoms with E-state index in [2.05, 4.69) is 5.32 Å². The summed E-state index contributed by atoms with van der Waals surface area (Å²) in [5.41, 5.74) is 2.03. The van der Waals surface area contributed by atoms with Crippen LogP contribution in [0.3, 0.4) is 0 Å². The molecule has 6 nitrogen and oxygen atoms in total. The Morgan fingerprint density at radius 2 is 1.90 bits per heavy atom. The van der Waals surface area contributed by atoms with Crippen LogP contribution < -0.4 is 5.32 Å². The first-order valence-electron chi connectivity index (χ1n) is 6.32. The number of nitrogens with zero attached hydrogens (tertiary/aromatic N) is 1. The zero-order valence-electron chi connectivity index (χ0n) is 11.2. The molecule has 0 aliphatic rings. The van der Waals surface area contributed by atoms with E-state index in [4.69, 9.17) is 5.11 Å². The van der Waals surface area contributed by atoms with Crippen molar-refractivity contribution in [3.05, 3.63) is 75.3 Å². The fourth-order valence-corrected chi connectivity index (χ4v) is 1.94. The van der Waals surface area contributed by atoms with E-state index in [1.807, 2.05) is 30.3 Å². The Morgan fingerprint density at radius 1 is 1.19 bits per heavy atom. The summed E-state index contributed by atoms with van der Waals surface area (Å²) in [5.74, 6) is -1.06. The number of anilines is 1. The molecule has 0 radical (unpaired) electrons. The number of aromatic carboxylic acids is 1. The fourth-order valence-electron chi connectivity index (χ4n) is 1.94. The van der Waals surface area contributed by atoms with Crippen molar-refractivity contribution in [2.24, 2.45) is 0 Å². The van der Waals surface area contributed by atoms with Crippen LogP contribution in [-0.2, 0) is 13.1 Å². The highest BCUT2D eigenvalue weighted by atomic mass is 16.6. The molecule has 108 valence electrons. The molecule has 21 heavy (non-hydrogen) atoms. The number of hydrogen-bond donors (Lipinski definition) is 2. The Balaban J connectivity index is 2.23. The number of carboxylic acids is 1. The molecule has 0 heterocycles. The van der Waals surface area contributed by atoms with E-state index in [1.54, 1.807) is 0 Å². The van der Waals surface area contributed by atoms with Crippen LogP contribution in [0.5, 0.6) is 0 Å². The normalized spacial score (nSPS) is 10.1. The third-order valence-electron chi connectivity index (χ3n) is 2.98. The highest BCUT2D eigenvalue weighted by Crippen LogP contribution is 2.20. The topological polar surface area (TPSA) is 92.5 Å². The van der Waals surface area contributed by atoms with E-state index in [0.29, 0.717) is 17.8 Å². The molecule has 0 unspecified atom stereocenters. The van der Waals surface area contributed by atoms with Crippen LogP contribution in [0.25, 0.3) is 0 Å². The summed E-state index contributed by atoms with van der Waals surface area (Å²) in [5, 5.41) is 22.7. The van der Waals surface area contributed by atoms with Crippen molar-refractivity contribution < 1.29 is 14.8 Å². The molecule has 0 spiro atoms. The first-order chi connectivity index (χ1) is 10.1. The summed E-state index contributed by atoms with van der Waals surface area (Å²) >= 11 is 0. The van der Waals surface area contributed by atoms with Crippen LogP contribution in [0, 0.1) is 10.1 Å². The lowest BCUT2D eigenvalue weighted by molar-refractivity contribution is -0.496. The molecule has 0 atom stereocenters. The van der Waals surface area contributed by atoms with Crippen molar-refractivity contribution in [2.45, 2.75) is 13.1 Å². The smallest absolute Gasteiger partial charge is 0.335 e. The number of hydrogen-bond acceptors (Lipinski definition) is 4. The van der Waals surface area contributed by atoms with Gasteiger partial charge in [0.25, 0.3) is 0 Å². The second-order valence-corrected chi connectivity index (χ2v) is 4.51. The van der Waals surface area contributed by atoms with Gasteiger partial charge in [0, 0.05) is 22.7 Å². The molecule has 0 saturated carbocycles. The lowest BCUT2D eigenvalue weighted by Gasteiger charge is -2.11. The van der Waals surface area contributed by atoms with Crippen molar-refractivity contribution in [3.63, 3.8) is 0 Å². The first kappa shape index (κ1) is 14.5. The Kier molecular flexibility index (Phi) is 4.50. The summed E-state index contributed by atoms with van der Waals surface area (Å²) in [7, 11) is 0. The minimum absolute atomic E-state index is 0.0951. The second kappa shape index (κ2) is 6.51. The van der Waals surface area contributed by atoms with Gasteiger partial charge in [-0.2, -0.15) is 0 Å². The van der Waals surface area contributed by atoms with Gasteiger partial charge < -0.3 is 10.4 Å². The first-order valence-corrected chi connectivity index (χ1v) is 6.32. The molecule has 6 heteroatoms.